The van der Waals surface area contributed by atoms with Crippen LogP contribution in [0.5, 0.6) is 0 Å². The van der Waals surface area contributed by atoms with Gasteiger partial charge in [-0.3, -0.25) is 4.79 Å². The number of carbonyl (C=O) groups excluding carboxylic acids is 1. The number of hydrogen-bond acceptors (Lipinski definition) is 4. The molecule has 2 aromatic rings. The molecule has 0 fully saturated rings. The van der Waals surface area contributed by atoms with Gasteiger partial charge >= 0.3 is 0 Å². The van der Waals surface area contributed by atoms with Crippen molar-refractivity contribution in [2.75, 3.05) is 17.2 Å². The summed E-state index contributed by atoms with van der Waals surface area (Å²) in [4.78, 5) is 12.2. The van der Waals surface area contributed by atoms with Crippen molar-refractivity contribution in [3.8, 4) is 0 Å². The molecule has 5 nitrogen and oxygen atoms in total. The summed E-state index contributed by atoms with van der Waals surface area (Å²) in [6.45, 7) is 0.792. The first-order valence-corrected chi connectivity index (χ1v) is 9.01. The summed E-state index contributed by atoms with van der Waals surface area (Å²) in [5.41, 5.74) is 2.06. The maximum Gasteiger partial charge on any atom is 0.276 e. The van der Waals surface area contributed by atoms with Crippen LogP contribution < -0.4 is 10.6 Å². The summed E-state index contributed by atoms with van der Waals surface area (Å²) in [7, 11) is 0. The van der Waals surface area contributed by atoms with E-state index in [0.717, 1.165) is 13.0 Å². The molecule has 1 aliphatic carbocycles. The van der Waals surface area contributed by atoms with Gasteiger partial charge in [-0.15, -0.1) is 10.2 Å². The predicted octanol–water partition coefficient (Wildman–Crippen LogP) is 4.82. The maximum absolute atomic E-state index is 13.1. The molecule has 0 radical (unpaired) electrons. The van der Waals surface area contributed by atoms with Gasteiger partial charge < -0.3 is 10.6 Å². The Labute approximate surface area is 156 Å². The summed E-state index contributed by atoms with van der Waals surface area (Å²) in [5.74, 6) is -0.342. The van der Waals surface area contributed by atoms with E-state index >= 15 is 0 Å². The molecule has 0 spiro atoms. The average molecular weight is 375 g/mol. The average Bonchev–Trinajstić information content (AvgIpc) is 2.66. The number of allylic oxidation sites excluding steroid dienone is 1. The van der Waals surface area contributed by atoms with Gasteiger partial charge in [0.1, 0.15) is 11.6 Å². The smallest absolute Gasteiger partial charge is 0.276 e. The highest BCUT2D eigenvalue weighted by atomic mass is 35.5. The fraction of sp³-hybridized carbons (Fsp3) is 0.316. The molecule has 1 aliphatic rings. The van der Waals surface area contributed by atoms with Crippen molar-refractivity contribution in [3.05, 3.63) is 58.5 Å². The van der Waals surface area contributed by atoms with Crippen molar-refractivity contribution in [2.45, 2.75) is 32.1 Å². The van der Waals surface area contributed by atoms with E-state index in [4.69, 9.17) is 11.6 Å². The van der Waals surface area contributed by atoms with E-state index < -0.39 is 11.7 Å². The molecule has 2 N–H and O–H groups in total. The summed E-state index contributed by atoms with van der Waals surface area (Å²) in [6, 6.07) is 7.28. The van der Waals surface area contributed by atoms with Crippen LogP contribution in [0.25, 0.3) is 0 Å². The quantitative estimate of drug-likeness (QED) is 0.711. The minimum Gasteiger partial charge on any atom is -0.368 e. The number of hydrogen-bond donors (Lipinski definition) is 2. The van der Waals surface area contributed by atoms with Gasteiger partial charge in [0.25, 0.3) is 5.91 Å². The number of aromatic nitrogens is 2. The first-order valence-electron chi connectivity index (χ1n) is 8.64. The highest BCUT2D eigenvalue weighted by molar-refractivity contribution is 6.31. The molecule has 0 saturated carbocycles. The molecule has 0 saturated heterocycles. The molecular weight excluding hydrogens is 355 g/mol. The van der Waals surface area contributed by atoms with Crippen molar-refractivity contribution < 1.29 is 9.18 Å². The number of halogens is 2. The van der Waals surface area contributed by atoms with Crippen LogP contribution in [-0.4, -0.2) is 22.6 Å². The molecule has 1 aromatic heterocycles. The molecule has 0 atom stereocenters. The molecule has 7 heteroatoms. The number of benzene rings is 1. The van der Waals surface area contributed by atoms with Gasteiger partial charge in [0.15, 0.2) is 5.69 Å². The minimum atomic E-state index is -0.538. The number of rotatable bonds is 6. The highest BCUT2D eigenvalue weighted by Gasteiger charge is 2.10. The van der Waals surface area contributed by atoms with Gasteiger partial charge in [0.05, 0.1) is 5.02 Å². The van der Waals surface area contributed by atoms with Crippen molar-refractivity contribution >= 4 is 29.0 Å². The second-order valence-corrected chi connectivity index (χ2v) is 6.58. The van der Waals surface area contributed by atoms with E-state index in [0.29, 0.717) is 11.5 Å². The fourth-order valence-corrected chi connectivity index (χ4v) is 2.98. The van der Waals surface area contributed by atoms with Crippen molar-refractivity contribution in [2.24, 2.45) is 0 Å². The summed E-state index contributed by atoms with van der Waals surface area (Å²) < 4.78 is 13.1. The van der Waals surface area contributed by atoms with E-state index in [9.17, 15) is 9.18 Å². The van der Waals surface area contributed by atoms with Crippen LogP contribution >= 0.6 is 11.6 Å². The monoisotopic (exact) mass is 374 g/mol. The van der Waals surface area contributed by atoms with Crippen molar-refractivity contribution in [1.82, 2.24) is 10.2 Å². The SMILES string of the molecule is O=C(Nc1ccc(F)c(Cl)c1)c1ccc(NCCC2=CCCCC2)nn1. The molecular formula is C19H20ClFN4O. The summed E-state index contributed by atoms with van der Waals surface area (Å²) in [6.07, 6.45) is 8.24. The van der Waals surface area contributed by atoms with Crippen LogP contribution in [0.4, 0.5) is 15.9 Å². The van der Waals surface area contributed by atoms with Gasteiger partial charge in [-0.2, -0.15) is 0 Å². The Kier molecular flexibility index (Phi) is 6.17. The van der Waals surface area contributed by atoms with Crippen molar-refractivity contribution in [3.63, 3.8) is 0 Å². The van der Waals surface area contributed by atoms with E-state index in [1.165, 1.54) is 49.5 Å². The first-order chi connectivity index (χ1) is 12.6. The number of carbonyl (C=O) groups is 1. The van der Waals surface area contributed by atoms with Gasteiger partial charge in [-0.05, 0) is 62.4 Å². The van der Waals surface area contributed by atoms with E-state index in [2.05, 4.69) is 26.9 Å². The third-order valence-corrected chi connectivity index (χ3v) is 4.50. The van der Waals surface area contributed by atoms with Gasteiger partial charge in [0.2, 0.25) is 0 Å². The Morgan fingerprint density at radius 3 is 2.77 bits per heavy atom. The van der Waals surface area contributed by atoms with Crippen molar-refractivity contribution in [1.29, 1.82) is 0 Å². The molecule has 1 amide bonds. The zero-order chi connectivity index (χ0) is 18.4. The largest absolute Gasteiger partial charge is 0.368 e. The standard InChI is InChI=1S/C19H20ClFN4O/c20-15-12-14(6-7-16(15)21)23-19(26)17-8-9-18(25-24-17)22-11-10-13-4-2-1-3-5-13/h4,6-9,12H,1-3,5,10-11H2,(H,22,25)(H,23,26). The molecule has 0 unspecified atom stereocenters. The number of anilines is 2. The zero-order valence-corrected chi connectivity index (χ0v) is 15.0. The van der Waals surface area contributed by atoms with Crippen LogP contribution in [0.15, 0.2) is 42.0 Å². The van der Waals surface area contributed by atoms with Gasteiger partial charge in [-0.1, -0.05) is 23.3 Å². The van der Waals surface area contributed by atoms with E-state index in [-0.39, 0.29) is 10.7 Å². The number of nitrogens with zero attached hydrogens (tertiary/aromatic N) is 2. The second kappa shape index (κ2) is 8.76. The molecule has 136 valence electrons. The lowest BCUT2D eigenvalue weighted by molar-refractivity contribution is 0.102. The number of amides is 1. The van der Waals surface area contributed by atoms with Crippen LogP contribution in [0.1, 0.15) is 42.6 Å². The predicted molar refractivity (Wildman–Crippen MR) is 101 cm³/mol. The second-order valence-electron chi connectivity index (χ2n) is 6.17. The Morgan fingerprint density at radius 2 is 2.08 bits per heavy atom. The van der Waals surface area contributed by atoms with E-state index in [1.807, 2.05) is 0 Å². The number of nitrogens with one attached hydrogen (secondary N) is 2. The molecule has 1 aromatic carbocycles. The third kappa shape index (κ3) is 5.02. The normalized spacial score (nSPS) is 13.8. The molecule has 0 bridgehead atoms. The van der Waals surface area contributed by atoms with Crippen LogP contribution in [-0.2, 0) is 0 Å². The topological polar surface area (TPSA) is 66.9 Å². The van der Waals surface area contributed by atoms with E-state index in [1.54, 1.807) is 12.1 Å². The lowest BCUT2D eigenvalue weighted by atomic mass is 9.97. The molecule has 1 heterocycles. The lowest BCUT2D eigenvalue weighted by Crippen LogP contribution is -2.15. The fourth-order valence-electron chi connectivity index (χ4n) is 2.80. The van der Waals surface area contributed by atoms with Crippen LogP contribution in [0.2, 0.25) is 5.02 Å². The lowest BCUT2D eigenvalue weighted by Gasteiger charge is -2.13. The first kappa shape index (κ1) is 18.3. The Balaban J connectivity index is 1.52. The van der Waals surface area contributed by atoms with Crippen LogP contribution in [0.3, 0.4) is 0 Å². The van der Waals surface area contributed by atoms with Gasteiger partial charge in [0, 0.05) is 12.2 Å². The maximum atomic E-state index is 13.1. The molecule has 26 heavy (non-hydrogen) atoms. The Morgan fingerprint density at radius 1 is 1.19 bits per heavy atom. The summed E-state index contributed by atoms with van der Waals surface area (Å²) in [5, 5.41) is 13.7. The Bertz CT molecular complexity index is 808. The highest BCUT2D eigenvalue weighted by Crippen LogP contribution is 2.21. The Hall–Kier alpha value is -2.47. The van der Waals surface area contributed by atoms with Gasteiger partial charge in [-0.25, -0.2) is 4.39 Å². The minimum absolute atomic E-state index is 0.0542. The van der Waals surface area contributed by atoms with Crippen LogP contribution in [0, 0.1) is 5.82 Å². The molecule has 0 aliphatic heterocycles. The summed E-state index contributed by atoms with van der Waals surface area (Å²) >= 11 is 5.70. The third-order valence-electron chi connectivity index (χ3n) is 4.21. The molecule has 3 rings (SSSR count). The zero-order valence-electron chi connectivity index (χ0n) is 14.3.